The fourth-order valence-electron chi connectivity index (χ4n) is 2.92. The highest BCUT2D eigenvalue weighted by atomic mass is 35.5. The Labute approximate surface area is 174 Å². The summed E-state index contributed by atoms with van der Waals surface area (Å²) >= 11 is 6.27. The zero-order valence-corrected chi connectivity index (χ0v) is 18.5. The Hall–Kier alpha value is -1.58. The van der Waals surface area contributed by atoms with Crippen molar-refractivity contribution in [3.63, 3.8) is 0 Å². The van der Waals surface area contributed by atoms with E-state index in [-0.39, 0.29) is 25.1 Å². The molecule has 2 aromatic rings. The summed E-state index contributed by atoms with van der Waals surface area (Å²) in [5, 5.41) is 0.310. The maximum atomic E-state index is 11.5. The Balaban J connectivity index is 2.23. The van der Waals surface area contributed by atoms with Gasteiger partial charge in [0.1, 0.15) is 17.2 Å². The molecule has 12 heteroatoms. The Morgan fingerprint density at radius 2 is 1.90 bits per heavy atom. The van der Waals surface area contributed by atoms with Crippen molar-refractivity contribution in [3.05, 3.63) is 16.8 Å². The van der Waals surface area contributed by atoms with E-state index in [2.05, 4.69) is 19.7 Å². The molecule has 0 radical (unpaired) electrons. The van der Waals surface area contributed by atoms with E-state index in [1.54, 1.807) is 0 Å². The third-order valence-electron chi connectivity index (χ3n) is 4.52. The van der Waals surface area contributed by atoms with E-state index < -0.39 is 7.60 Å². The summed E-state index contributed by atoms with van der Waals surface area (Å²) in [7, 11) is -2.84. The van der Waals surface area contributed by atoms with Crippen molar-refractivity contribution in [2.75, 3.05) is 32.9 Å². The summed E-state index contributed by atoms with van der Waals surface area (Å²) in [6.07, 6.45) is 1.15. The molecule has 2 rings (SSSR count). The molecule has 0 saturated heterocycles. The minimum Gasteiger partial charge on any atom is -0.469 e. The van der Waals surface area contributed by atoms with Gasteiger partial charge in [0, 0.05) is 39.0 Å². The number of aryl methyl sites for hydroxylation is 2. The standard InChI is InChI=1S/C17H27ClN5O5P/c1-4-12-19-16(18)15-17(20-12)23(13(5-2)21-15)9-8-22(7-6-14(24)28-3)10-11-29(25,26)27/h4-11H2,1-3H3,(H2,25,26,27). The molecule has 2 N–H and O–H groups in total. The van der Waals surface area contributed by atoms with E-state index in [1.807, 2.05) is 23.3 Å². The zero-order valence-electron chi connectivity index (χ0n) is 16.8. The third kappa shape index (κ3) is 6.72. The second kappa shape index (κ2) is 10.4. The maximum absolute atomic E-state index is 11.5. The quantitative estimate of drug-likeness (QED) is 0.300. The van der Waals surface area contributed by atoms with Crippen LogP contribution in [0, 0.1) is 0 Å². The van der Waals surface area contributed by atoms with Crippen molar-refractivity contribution in [1.29, 1.82) is 0 Å². The van der Waals surface area contributed by atoms with Crippen molar-refractivity contribution in [2.24, 2.45) is 0 Å². The van der Waals surface area contributed by atoms with E-state index in [1.165, 1.54) is 7.11 Å². The summed E-state index contributed by atoms with van der Waals surface area (Å²) in [4.78, 5) is 45.1. The van der Waals surface area contributed by atoms with Gasteiger partial charge in [0.15, 0.2) is 10.8 Å². The van der Waals surface area contributed by atoms with Crippen LogP contribution < -0.4 is 0 Å². The fraction of sp³-hybridized carbons (Fsp3) is 0.647. The van der Waals surface area contributed by atoms with Crippen LogP contribution in [0.25, 0.3) is 11.2 Å². The number of hydrogen-bond acceptors (Lipinski definition) is 7. The first-order valence-electron chi connectivity index (χ1n) is 9.43. The topological polar surface area (TPSA) is 131 Å². The van der Waals surface area contributed by atoms with Crippen LogP contribution >= 0.6 is 19.2 Å². The first kappa shape index (κ1) is 23.7. The number of halogens is 1. The number of esters is 1. The van der Waals surface area contributed by atoms with E-state index in [4.69, 9.17) is 11.6 Å². The lowest BCUT2D eigenvalue weighted by Gasteiger charge is -2.22. The van der Waals surface area contributed by atoms with E-state index in [0.29, 0.717) is 54.6 Å². The Kier molecular flexibility index (Phi) is 8.54. The molecule has 0 unspecified atom stereocenters. The van der Waals surface area contributed by atoms with Gasteiger partial charge < -0.3 is 24.0 Å². The molecular formula is C17H27ClN5O5P. The average Bonchev–Trinajstić information content (AvgIpc) is 3.04. The van der Waals surface area contributed by atoms with Crippen molar-refractivity contribution in [1.82, 2.24) is 24.4 Å². The van der Waals surface area contributed by atoms with Crippen LogP contribution in [0.3, 0.4) is 0 Å². The molecular weight excluding hydrogens is 421 g/mol. The van der Waals surface area contributed by atoms with Gasteiger partial charge in [-0.2, -0.15) is 0 Å². The molecule has 10 nitrogen and oxygen atoms in total. The molecule has 0 aromatic carbocycles. The van der Waals surface area contributed by atoms with Crippen LogP contribution in [0.1, 0.15) is 31.9 Å². The molecule has 162 valence electrons. The van der Waals surface area contributed by atoms with Gasteiger partial charge in [0.25, 0.3) is 0 Å². The molecule has 0 fully saturated rings. The number of hydrogen-bond donors (Lipinski definition) is 2. The Morgan fingerprint density at radius 3 is 2.48 bits per heavy atom. The zero-order chi connectivity index (χ0) is 21.6. The Morgan fingerprint density at radius 1 is 1.17 bits per heavy atom. The molecule has 0 aliphatic rings. The van der Waals surface area contributed by atoms with E-state index >= 15 is 0 Å². The van der Waals surface area contributed by atoms with Crippen LogP contribution in [0.2, 0.25) is 5.15 Å². The normalized spacial score (nSPS) is 12.1. The van der Waals surface area contributed by atoms with Crippen LogP contribution in [0.5, 0.6) is 0 Å². The number of carbonyl (C=O) groups is 1. The second-order valence-electron chi connectivity index (χ2n) is 6.55. The smallest absolute Gasteiger partial charge is 0.326 e. The number of ether oxygens (including phenoxy) is 1. The summed E-state index contributed by atoms with van der Waals surface area (Å²) < 4.78 is 17.9. The van der Waals surface area contributed by atoms with E-state index in [9.17, 15) is 19.1 Å². The average molecular weight is 448 g/mol. The highest BCUT2D eigenvalue weighted by molar-refractivity contribution is 7.51. The predicted octanol–water partition coefficient (Wildman–Crippen LogP) is 1.65. The fourth-order valence-corrected chi connectivity index (χ4v) is 3.69. The van der Waals surface area contributed by atoms with Crippen molar-refractivity contribution in [2.45, 2.75) is 39.7 Å². The molecule has 0 saturated carbocycles. The molecule has 0 atom stereocenters. The summed E-state index contributed by atoms with van der Waals surface area (Å²) in [5.41, 5.74) is 1.18. The van der Waals surface area contributed by atoms with Gasteiger partial charge in [-0.3, -0.25) is 9.36 Å². The number of fused-ring (bicyclic) bond motifs is 1. The number of aromatic nitrogens is 4. The molecule has 0 amide bonds. The first-order valence-corrected chi connectivity index (χ1v) is 11.6. The van der Waals surface area contributed by atoms with Crippen LogP contribution in [-0.4, -0.2) is 73.1 Å². The summed E-state index contributed by atoms with van der Waals surface area (Å²) in [6, 6.07) is 0. The number of methoxy groups -OCH3 is 1. The van der Waals surface area contributed by atoms with Crippen molar-refractivity contribution in [3.8, 4) is 0 Å². The van der Waals surface area contributed by atoms with Crippen LogP contribution in [0.4, 0.5) is 0 Å². The minimum absolute atomic E-state index is 0.136. The monoisotopic (exact) mass is 447 g/mol. The molecule has 0 aliphatic carbocycles. The van der Waals surface area contributed by atoms with Gasteiger partial charge in [-0.25, -0.2) is 15.0 Å². The number of carbonyl (C=O) groups excluding carboxylic acids is 1. The Bertz CT molecular complexity index is 900. The summed E-state index contributed by atoms with van der Waals surface area (Å²) in [5.74, 6) is 1.04. The molecule has 0 spiro atoms. The summed E-state index contributed by atoms with van der Waals surface area (Å²) in [6.45, 7) is 5.34. The molecule has 0 bridgehead atoms. The van der Waals surface area contributed by atoms with Gasteiger partial charge in [0.05, 0.1) is 19.7 Å². The lowest BCUT2D eigenvalue weighted by atomic mass is 10.3. The van der Waals surface area contributed by atoms with Crippen LogP contribution in [0.15, 0.2) is 0 Å². The molecule has 2 aromatic heterocycles. The van der Waals surface area contributed by atoms with Gasteiger partial charge in [0.2, 0.25) is 0 Å². The lowest BCUT2D eigenvalue weighted by molar-refractivity contribution is -0.140. The number of rotatable bonds is 11. The highest BCUT2D eigenvalue weighted by Gasteiger charge is 2.19. The van der Waals surface area contributed by atoms with Gasteiger partial charge in [-0.1, -0.05) is 25.4 Å². The molecule has 29 heavy (non-hydrogen) atoms. The first-order chi connectivity index (χ1) is 13.7. The van der Waals surface area contributed by atoms with Crippen molar-refractivity contribution >= 4 is 36.3 Å². The number of imidazole rings is 1. The van der Waals surface area contributed by atoms with Crippen LogP contribution in [-0.2, 0) is 33.5 Å². The maximum Gasteiger partial charge on any atom is 0.326 e. The lowest BCUT2D eigenvalue weighted by Crippen LogP contribution is -2.33. The second-order valence-corrected chi connectivity index (χ2v) is 8.68. The third-order valence-corrected chi connectivity index (χ3v) is 5.56. The molecule has 0 aliphatic heterocycles. The SMILES string of the molecule is CCc1nc(Cl)c2nc(CC)n(CCN(CCC(=O)OC)CCP(=O)(O)O)c2n1. The number of nitrogens with zero attached hydrogens (tertiary/aromatic N) is 5. The highest BCUT2D eigenvalue weighted by Crippen LogP contribution is 2.33. The largest absolute Gasteiger partial charge is 0.469 e. The van der Waals surface area contributed by atoms with Gasteiger partial charge in [-0.15, -0.1) is 0 Å². The molecule has 2 heterocycles. The predicted molar refractivity (Wildman–Crippen MR) is 109 cm³/mol. The van der Waals surface area contributed by atoms with Gasteiger partial charge >= 0.3 is 13.6 Å². The van der Waals surface area contributed by atoms with E-state index in [0.717, 1.165) is 5.82 Å². The minimum atomic E-state index is -4.14. The van der Waals surface area contributed by atoms with Gasteiger partial charge in [-0.05, 0) is 0 Å². The van der Waals surface area contributed by atoms with Crippen molar-refractivity contribution < 1.29 is 23.9 Å².